The van der Waals surface area contributed by atoms with Crippen LogP contribution in [0.3, 0.4) is 0 Å². The number of halogens is 1. The number of carbonyl (C=O) groups is 1. The second kappa shape index (κ2) is 6.78. The molecule has 1 aromatic rings. The number of rotatable bonds is 2. The first-order chi connectivity index (χ1) is 6.56. The van der Waals surface area contributed by atoms with Gasteiger partial charge in [0.15, 0.2) is 0 Å². The Balaban J connectivity index is 0.00000196. The maximum Gasteiger partial charge on any atom is 1.00 e. The van der Waals surface area contributed by atoms with Crippen LogP contribution in [-0.2, 0) is 15.8 Å². The van der Waals surface area contributed by atoms with E-state index in [9.17, 15) is 13.6 Å². The van der Waals surface area contributed by atoms with Crippen molar-refractivity contribution in [2.75, 3.05) is 7.11 Å². The van der Waals surface area contributed by atoms with Crippen LogP contribution < -0.4 is 29.6 Å². The molecule has 4 nitrogen and oxygen atoms in total. The Labute approximate surface area is 120 Å². The van der Waals surface area contributed by atoms with Gasteiger partial charge in [0.2, 0.25) is 0 Å². The molecule has 0 aromatic heterocycles. The van der Waals surface area contributed by atoms with Gasteiger partial charge in [0.05, 0.1) is 12.7 Å². The average molecular weight is 301 g/mol. The van der Waals surface area contributed by atoms with Crippen molar-refractivity contribution >= 4 is 33.0 Å². The molecule has 0 fully saturated rings. The van der Waals surface area contributed by atoms with Crippen molar-refractivity contribution in [3.63, 3.8) is 0 Å². The third-order valence-electron chi connectivity index (χ3n) is 1.53. The van der Waals surface area contributed by atoms with Crippen LogP contribution >= 0.6 is 15.9 Å². The number of ether oxygens (including phenoxy) is 1. The van der Waals surface area contributed by atoms with Crippen molar-refractivity contribution in [1.29, 1.82) is 0 Å². The molecule has 0 N–H and O–H groups in total. The van der Waals surface area contributed by atoms with Gasteiger partial charge < -0.3 is 9.29 Å². The summed E-state index contributed by atoms with van der Waals surface area (Å²) in [5, 5.41) is 0. The largest absolute Gasteiger partial charge is 1.00 e. The molecule has 0 radical (unpaired) electrons. The molecule has 0 aliphatic rings. The van der Waals surface area contributed by atoms with Gasteiger partial charge in [-0.25, -0.2) is 4.79 Å². The first-order valence-electron chi connectivity index (χ1n) is 3.53. The zero-order valence-corrected chi connectivity index (χ0v) is 12.6. The SMILES string of the molecule is COC(=O)c1ccc(S(=O)[O-])c(Br)c1.[Na+]. The number of benzene rings is 1. The van der Waals surface area contributed by atoms with E-state index in [0.717, 1.165) is 0 Å². The number of hydrogen-bond donors (Lipinski definition) is 0. The second-order valence-corrected chi connectivity index (χ2v) is 4.14. The van der Waals surface area contributed by atoms with Gasteiger partial charge in [0, 0.05) is 9.37 Å². The molecule has 15 heavy (non-hydrogen) atoms. The second-order valence-electron chi connectivity index (χ2n) is 2.37. The Morgan fingerprint density at radius 1 is 1.53 bits per heavy atom. The number of hydrogen-bond acceptors (Lipinski definition) is 4. The molecule has 1 unspecified atom stereocenters. The molecule has 0 saturated carbocycles. The predicted molar refractivity (Wildman–Crippen MR) is 52.7 cm³/mol. The zero-order valence-electron chi connectivity index (χ0n) is 8.15. The molecule has 0 amide bonds. The first kappa shape index (κ1) is 15.3. The van der Waals surface area contributed by atoms with Gasteiger partial charge in [-0.3, -0.25) is 4.21 Å². The summed E-state index contributed by atoms with van der Waals surface area (Å²) in [4.78, 5) is 11.2. The molecule has 76 valence electrons. The molecular formula is C8H6BrNaO4S. The summed E-state index contributed by atoms with van der Waals surface area (Å²) in [6.45, 7) is 0. The van der Waals surface area contributed by atoms with Crippen LogP contribution in [0.15, 0.2) is 27.6 Å². The van der Waals surface area contributed by atoms with Crippen molar-refractivity contribution in [2.24, 2.45) is 0 Å². The van der Waals surface area contributed by atoms with Crippen molar-refractivity contribution in [3.05, 3.63) is 28.2 Å². The summed E-state index contributed by atoms with van der Waals surface area (Å²) in [5.41, 5.74) is 0.300. The molecule has 0 bridgehead atoms. The van der Waals surface area contributed by atoms with E-state index in [0.29, 0.717) is 10.0 Å². The van der Waals surface area contributed by atoms with Crippen LogP contribution in [-0.4, -0.2) is 21.8 Å². The van der Waals surface area contributed by atoms with E-state index in [-0.39, 0.29) is 34.5 Å². The summed E-state index contributed by atoms with van der Waals surface area (Å²) < 4.78 is 26.1. The van der Waals surface area contributed by atoms with Crippen molar-refractivity contribution < 1.29 is 47.9 Å². The average Bonchev–Trinajstić information content (AvgIpc) is 2.15. The Morgan fingerprint density at radius 3 is 2.53 bits per heavy atom. The van der Waals surface area contributed by atoms with E-state index < -0.39 is 17.0 Å². The normalized spacial score (nSPS) is 11.4. The first-order valence-corrected chi connectivity index (χ1v) is 5.40. The van der Waals surface area contributed by atoms with E-state index in [2.05, 4.69) is 20.7 Å². The van der Waals surface area contributed by atoms with Crippen LogP contribution in [0.5, 0.6) is 0 Å². The van der Waals surface area contributed by atoms with Crippen LogP contribution in [0.2, 0.25) is 0 Å². The summed E-state index contributed by atoms with van der Waals surface area (Å²) >= 11 is 0.731. The molecular weight excluding hydrogens is 295 g/mol. The minimum Gasteiger partial charge on any atom is -0.768 e. The van der Waals surface area contributed by atoms with E-state index in [1.165, 1.54) is 25.3 Å². The smallest absolute Gasteiger partial charge is 0.768 e. The van der Waals surface area contributed by atoms with Crippen LogP contribution in [0.25, 0.3) is 0 Å². The predicted octanol–water partition coefficient (Wildman–Crippen LogP) is -1.52. The Morgan fingerprint density at radius 2 is 2.13 bits per heavy atom. The summed E-state index contributed by atoms with van der Waals surface area (Å²) in [7, 11) is 1.26. The fraction of sp³-hybridized carbons (Fsp3) is 0.125. The monoisotopic (exact) mass is 300 g/mol. The maximum atomic E-state index is 11.0. The van der Waals surface area contributed by atoms with Crippen LogP contribution in [0.4, 0.5) is 0 Å². The van der Waals surface area contributed by atoms with E-state index in [1.54, 1.807) is 0 Å². The third kappa shape index (κ3) is 3.97. The number of esters is 1. The fourth-order valence-electron chi connectivity index (χ4n) is 0.881. The van der Waals surface area contributed by atoms with Crippen LogP contribution in [0.1, 0.15) is 10.4 Å². The van der Waals surface area contributed by atoms with Gasteiger partial charge in [-0.2, -0.15) is 0 Å². The molecule has 0 saturated heterocycles. The summed E-state index contributed by atoms with van der Waals surface area (Å²) in [5.74, 6) is -0.506. The molecule has 1 aromatic carbocycles. The van der Waals surface area contributed by atoms with Gasteiger partial charge in [0.25, 0.3) is 0 Å². The number of methoxy groups -OCH3 is 1. The van der Waals surface area contributed by atoms with Gasteiger partial charge in [-0.05, 0) is 45.2 Å². The molecule has 0 heterocycles. The molecule has 7 heteroatoms. The van der Waals surface area contributed by atoms with E-state index >= 15 is 0 Å². The van der Waals surface area contributed by atoms with Gasteiger partial charge >= 0.3 is 35.5 Å². The van der Waals surface area contributed by atoms with Gasteiger partial charge in [0.1, 0.15) is 0 Å². The van der Waals surface area contributed by atoms with Crippen molar-refractivity contribution in [1.82, 2.24) is 0 Å². The zero-order chi connectivity index (χ0) is 10.7. The van der Waals surface area contributed by atoms with Gasteiger partial charge in [-0.15, -0.1) is 0 Å². The Bertz CT molecular complexity index is 396. The Hall–Kier alpha value is 0.280. The minimum atomic E-state index is -2.31. The standard InChI is InChI=1S/C8H7BrO4S.Na/c1-13-8(10)5-2-3-7(14(11)12)6(9)4-5;/h2-4H,1H3,(H,11,12);/q;+1/p-1. The Kier molecular flexibility index (Phi) is 6.90. The topological polar surface area (TPSA) is 66.4 Å². The van der Waals surface area contributed by atoms with Gasteiger partial charge in [-0.1, -0.05) is 0 Å². The number of carbonyl (C=O) groups excluding carboxylic acids is 1. The maximum absolute atomic E-state index is 11.0. The minimum absolute atomic E-state index is 0. The third-order valence-corrected chi connectivity index (χ3v) is 3.17. The van der Waals surface area contributed by atoms with E-state index in [4.69, 9.17) is 0 Å². The van der Waals surface area contributed by atoms with Crippen molar-refractivity contribution in [3.8, 4) is 0 Å². The molecule has 1 atom stereocenters. The fourth-order valence-corrected chi connectivity index (χ4v) is 2.05. The van der Waals surface area contributed by atoms with E-state index in [1.807, 2.05) is 0 Å². The summed E-state index contributed by atoms with van der Waals surface area (Å²) in [6.07, 6.45) is 0. The molecule has 1 rings (SSSR count). The molecule has 0 aliphatic heterocycles. The molecule has 0 spiro atoms. The quantitative estimate of drug-likeness (QED) is 0.378. The van der Waals surface area contributed by atoms with Crippen molar-refractivity contribution in [2.45, 2.75) is 4.90 Å². The molecule has 0 aliphatic carbocycles. The summed E-state index contributed by atoms with van der Waals surface area (Å²) in [6, 6.07) is 4.12. The van der Waals surface area contributed by atoms with Crippen LogP contribution in [0, 0.1) is 0 Å².